The van der Waals surface area contributed by atoms with Crippen molar-refractivity contribution < 1.29 is 190 Å². The minimum absolute atomic E-state index is 0. The quantitative estimate of drug-likeness (QED) is 0.168. The fourth-order valence-electron chi connectivity index (χ4n) is 4.10. The van der Waals surface area contributed by atoms with Gasteiger partial charge in [0.2, 0.25) is 0 Å². The van der Waals surface area contributed by atoms with Crippen LogP contribution in [-0.4, -0.2) is 37.6 Å². The molecule has 0 radical (unpaired) electrons. The molecule has 1 atom stereocenters. The van der Waals surface area contributed by atoms with E-state index in [0.717, 1.165) is 6.07 Å². The average Bonchev–Trinajstić information content (AvgIpc) is 2.89. The number of rotatable bonds is 8. The van der Waals surface area contributed by atoms with Crippen molar-refractivity contribution in [1.29, 1.82) is 0 Å². The number of unbranched alkanes of at least 4 members (excludes halogenated alkanes) is 2. The van der Waals surface area contributed by atoms with Gasteiger partial charge in [-0.2, -0.15) is 0 Å². The first-order chi connectivity index (χ1) is 14.2. The SMILES string of the molecule is CC1=Nc2ccc3c(S(=O)(=O)[O-])cc(S(=O)(=O)[O-])cc3c2C1(C)CCCCCC(=O)[O-].[K+].[K+].[K+]. The molecule has 0 N–H and O–H groups in total. The second-order valence-corrected chi connectivity index (χ2v) is 10.6. The number of hydrogen-bond donors (Lipinski definition) is 0. The number of aliphatic imine (C=N–C) groups is 1. The molecule has 0 amide bonds. The van der Waals surface area contributed by atoms with E-state index < -0.39 is 41.4 Å². The van der Waals surface area contributed by atoms with Crippen LogP contribution in [0.5, 0.6) is 0 Å². The van der Waals surface area contributed by atoms with Gasteiger partial charge in [0.15, 0.2) is 0 Å². The first kappa shape index (κ1) is 36.6. The second-order valence-electron chi connectivity index (χ2n) is 7.85. The Bertz CT molecular complexity index is 1330. The zero-order valence-electron chi connectivity index (χ0n) is 19.9. The molecule has 1 heterocycles. The molecule has 0 fully saturated rings. The van der Waals surface area contributed by atoms with Crippen molar-refractivity contribution >= 4 is 48.4 Å². The van der Waals surface area contributed by atoms with Gasteiger partial charge in [-0.1, -0.05) is 25.8 Å². The summed E-state index contributed by atoms with van der Waals surface area (Å²) < 4.78 is 70.4. The van der Waals surface area contributed by atoms with E-state index in [1.165, 1.54) is 6.07 Å². The van der Waals surface area contributed by atoms with Crippen LogP contribution >= 0.6 is 0 Å². The number of carbonyl (C=O) groups is 1. The van der Waals surface area contributed by atoms with Gasteiger partial charge in [0.05, 0.1) is 15.5 Å². The number of carbonyl (C=O) groups excluding carboxylic acids is 1. The summed E-state index contributed by atoms with van der Waals surface area (Å²) >= 11 is 0. The second kappa shape index (κ2) is 14.3. The first-order valence-corrected chi connectivity index (χ1v) is 12.4. The maximum Gasteiger partial charge on any atom is 1.00 e. The van der Waals surface area contributed by atoms with Crippen molar-refractivity contribution in [1.82, 2.24) is 0 Å². The molecular formula is C20H20K3NO8S2. The van der Waals surface area contributed by atoms with Crippen molar-refractivity contribution in [2.45, 2.75) is 61.2 Å². The van der Waals surface area contributed by atoms with Gasteiger partial charge in [-0.25, -0.2) is 16.8 Å². The van der Waals surface area contributed by atoms with Gasteiger partial charge in [-0.05, 0) is 60.7 Å². The number of carboxylic acid groups (broad SMARTS) is 1. The molecule has 3 rings (SSSR count). The third-order valence-electron chi connectivity index (χ3n) is 5.80. The largest absolute Gasteiger partial charge is 1.00 e. The Balaban J connectivity index is 0.00000363. The van der Waals surface area contributed by atoms with Crippen molar-refractivity contribution in [3.8, 4) is 0 Å². The molecule has 0 spiro atoms. The van der Waals surface area contributed by atoms with Crippen LogP contribution in [0.15, 0.2) is 39.0 Å². The molecular weight excluding hydrogens is 564 g/mol. The normalized spacial score (nSPS) is 17.1. The maximum absolute atomic E-state index is 11.8. The molecule has 1 aliphatic heterocycles. The van der Waals surface area contributed by atoms with Gasteiger partial charge in [-0.15, -0.1) is 0 Å². The van der Waals surface area contributed by atoms with Gasteiger partial charge in [0, 0.05) is 17.1 Å². The smallest absolute Gasteiger partial charge is 0.744 e. The summed E-state index contributed by atoms with van der Waals surface area (Å²) in [6, 6.07) is 4.62. The maximum atomic E-state index is 11.8. The Hall–Kier alpha value is 2.57. The predicted molar refractivity (Wildman–Crippen MR) is 108 cm³/mol. The molecule has 0 aromatic heterocycles. The van der Waals surface area contributed by atoms with Crippen LogP contribution in [-0.2, 0) is 30.4 Å². The van der Waals surface area contributed by atoms with Gasteiger partial charge in [0.1, 0.15) is 20.2 Å². The number of aliphatic carboxylic acids is 1. The summed E-state index contributed by atoms with van der Waals surface area (Å²) in [4.78, 5) is 13.5. The Morgan fingerprint density at radius 2 is 1.56 bits per heavy atom. The van der Waals surface area contributed by atoms with Crippen molar-refractivity contribution in [3.05, 3.63) is 29.8 Å². The predicted octanol–water partition coefficient (Wildman–Crippen LogP) is -7.28. The van der Waals surface area contributed by atoms with Gasteiger partial charge in [0.25, 0.3) is 0 Å². The van der Waals surface area contributed by atoms with Crippen LogP contribution in [0.25, 0.3) is 10.8 Å². The van der Waals surface area contributed by atoms with Crippen LogP contribution in [0.1, 0.15) is 51.5 Å². The van der Waals surface area contributed by atoms with Gasteiger partial charge >= 0.3 is 154 Å². The first-order valence-electron chi connectivity index (χ1n) is 9.54. The van der Waals surface area contributed by atoms with Crippen molar-refractivity contribution in [2.75, 3.05) is 0 Å². The minimum Gasteiger partial charge on any atom is -0.744 e. The fraction of sp³-hybridized carbons (Fsp3) is 0.400. The third kappa shape index (κ3) is 8.29. The van der Waals surface area contributed by atoms with Crippen LogP contribution in [0, 0.1) is 0 Å². The van der Waals surface area contributed by atoms with E-state index in [1.54, 1.807) is 13.0 Å². The topological polar surface area (TPSA) is 167 Å². The number of nitrogens with zero attached hydrogens (tertiary/aromatic N) is 1. The minimum atomic E-state index is -5.07. The van der Waals surface area contributed by atoms with Crippen LogP contribution < -0.4 is 159 Å². The van der Waals surface area contributed by atoms with E-state index in [2.05, 4.69) is 4.99 Å². The van der Waals surface area contributed by atoms with Crippen LogP contribution in [0.4, 0.5) is 5.69 Å². The Labute approximate surface area is 327 Å². The molecule has 9 nitrogen and oxygen atoms in total. The van der Waals surface area contributed by atoms with E-state index in [-0.39, 0.29) is 171 Å². The summed E-state index contributed by atoms with van der Waals surface area (Å²) in [6.45, 7) is 3.64. The number of fused-ring (bicyclic) bond motifs is 3. The van der Waals surface area contributed by atoms with Crippen LogP contribution in [0.2, 0.25) is 0 Å². The molecule has 34 heavy (non-hydrogen) atoms. The molecule has 0 bridgehead atoms. The molecule has 0 saturated carbocycles. The van der Waals surface area contributed by atoms with E-state index >= 15 is 0 Å². The summed E-state index contributed by atoms with van der Waals surface area (Å²) in [5.74, 6) is -1.13. The number of hydrogen-bond acceptors (Lipinski definition) is 9. The number of carboxylic acids is 1. The Morgan fingerprint density at radius 1 is 0.941 bits per heavy atom. The van der Waals surface area contributed by atoms with Gasteiger partial charge < -0.3 is 19.0 Å². The summed E-state index contributed by atoms with van der Waals surface area (Å²) in [6.07, 6.45) is 2.14. The molecule has 1 aliphatic rings. The fourth-order valence-corrected chi connectivity index (χ4v) is 5.42. The van der Waals surface area contributed by atoms with E-state index in [4.69, 9.17) is 0 Å². The zero-order valence-corrected chi connectivity index (χ0v) is 30.9. The zero-order chi connectivity index (χ0) is 23.2. The van der Waals surface area contributed by atoms with E-state index in [1.807, 2.05) is 6.92 Å². The number of benzene rings is 2. The molecule has 0 saturated heterocycles. The van der Waals surface area contributed by atoms with Crippen molar-refractivity contribution in [3.63, 3.8) is 0 Å². The molecule has 14 heteroatoms. The summed E-state index contributed by atoms with van der Waals surface area (Å²) in [5.41, 5.74) is 1.03. The van der Waals surface area contributed by atoms with E-state index in [0.29, 0.717) is 48.7 Å². The molecule has 2 aromatic rings. The third-order valence-corrected chi connectivity index (χ3v) is 7.49. The summed E-state index contributed by atoms with van der Waals surface area (Å²) in [7, 11) is -10.1. The van der Waals surface area contributed by atoms with Crippen LogP contribution in [0.3, 0.4) is 0 Å². The van der Waals surface area contributed by atoms with Crippen molar-refractivity contribution in [2.24, 2.45) is 4.99 Å². The molecule has 1 unspecified atom stereocenters. The van der Waals surface area contributed by atoms with E-state index in [9.17, 15) is 35.8 Å². The molecule has 0 aliphatic carbocycles. The monoisotopic (exact) mass is 583 g/mol. The molecule has 168 valence electrons. The summed E-state index contributed by atoms with van der Waals surface area (Å²) in [5, 5.41) is 10.8. The van der Waals surface area contributed by atoms with Gasteiger partial charge in [-0.3, -0.25) is 4.99 Å². The molecule has 2 aromatic carbocycles. The Morgan fingerprint density at radius 3 is 2.09 bits per heavy atom. The standard InChI is InChI=1S/C20H23NO8S2.3K/c1-12-20(2,9-5-3-4-6-18(22)23)19-15-10-13(30(24,25)26)11-17(31(27,28)29)14(15)7-8-16(19)21-12;;;/h7-8,10-11H,3-6,9H2,1-2H3,(H,22,23)(H,24,25,26)(H,27,28,29);;;/q;3*+1/p-3. The average molecular weight is 584 g/mol. The Kier molecular flexibility index (Phi) is 15.4.